The number of amides is 1. The second-order valence-corrected chi connectivity index (χ2v) is 6.54. The summed E-state index contributed by atoms with van der Waals surface area (Å²) in [5.74, 6) is 1.06. The van der Waals surface area contributed by atoms with Gasteiger partial charge in [-0.15, -0.1) is 0 Å². The summed E-state index contributed by atoms with van der Waals surface area (Å²) in [6.45, 7) is 8.65. The zero-order chi connectivity index (χ0) is 12.5. The summed E-state index contributed by atoms with van der Waals surface area (Å²) in [5, 5.41) is 6.59. The Labute approximate surface area is 105 Å². The monoisotopic (exact) mass is 238 g/mol. The van der Waals surface area contributed by atoms with Crippen molar-refractivity contribution in [3.8, 4) is 0 Å². The highest BCUT2D eigenvalue weighted by atomic mass is 16.2. The number of carbonyl (C=O) groups excluding carboxylic acids is 1. The van der Waals surface area contributed by atoms with Gasteiger partial charge in [0.15, 0.2) is 0 Å². The lowest BCUT2D eigenvalue weighted by Crippen LogP contribution is -2.47. The van der Waals surface area contributed by atoms with Gasteiger partial charge < -0.3 is 10.6 Å². The highest BCUT2D eigenvalue weighted by Crippen LogP contribution is 2.40. The molecule has 0 spiro atoms. The first-order valence-electron chi connectivity index (χ1n) is 7.02. The first kappa shape index (κ1) is 12.9. The quantitative estimate of drug-likeness (QED) is 0.772. The van der Waals surface area contributed by atoms with Gasteiger partial charge in [-0.05, 0) is 30.7 Å². The van der Waals surface area contributed by atoms with E-state index in [0.717, 1.165) is 19.5 Å². The topological polar surface area (TPSA) is 41.1 Å². The Hall–Kier alpha value is -0.570. The highest BCUT2D eigenvalue weighted by molar-refractivity contribution is 5.80. The van der Waals surface area contributed by atoms with E-state index in [1.807, 2.05) is 0 Å². The van der Waals surface area contributed by atoms with Gasteiger partial charge >= 0.3 is 0 Å². The molecule has 0 bridgehead atoms. The van der Waals surface area contributed by atoms with Gasteiger partial charge in [-0.2, -0.15) is 0 Å². The van der Waals surface area contributed by atoms with E-state index in [2.05, 4.69) is 31.4 Å². The molecule has 1 aliphatic heterocycles. The van der Waals surface area contributed by atoms with Crippen LogP contribution in [0.25, 0.3) is 0 Å². The fourth-order valence-corrected chi connectivity index (χ4v) is 3.27. The second kappa shape index (κ2) is 4.97. The number of nitrogens with one attached hydrogen (secondary N) is 2. The molecule has 1 saturated heterocycles. The van der Waals surface area contributed by atoms with Crippen molar-refractivity contribution in [3.63, 3.8) is 0 Å². The van der Waals surface area contributed by atoms with Crippen molar-refractivity contribution in [2.45, 2.75) is 52.5 Å². The predicted molar refractivity (Wildman–Crippen MR) is 69.7 cm³/mol. The Morgan fingerprint density at radius 3 is 2.65 bits per heavy atom. The van der Waals surface area contributed by atoms with Crippen LogP contribution in [0, 0.1) is 17.3 Å². The maximum absolute atomic E-state index is 12.4. The molecule has 0 aromatic rings. The van der Waals surface area contributed by atoms with Crippen LogP contribution in [-0.2, 0) is 4.79 Å². The standard InChI is InChI=1S/C14H26N2O/c1-10-8-15-9-12(10)16-13(17)11-6-4-5-7-14(11,2)3/h10-12,15H,4-9H2,1-3H3,(H,16,17). The SMILES string of the molecule is CC1CNCC1NC(=O)C1CCCCC1(C)C. The maximum Gasteiger partial charge on any atom is 0.223 e. The molecule has 2 rings (SSSR count). The Morgan fingerprint density at radius 2 is 2.06 bits per heavy atom. The van der Waals surface area contributed by atoms with Gasteiger partial charge in [-0.3, -0.25) is 4.79 Å². The van der Waals surface area contributed by atoms with Crippen molar-refractivity contribution >= 4 is 5.91 Å². The Morgan fingerprint density at radius 1 is 1.29 bits per heavy atom. The molecule has 1 aliphatic carbocycles. The van der Waals surface area contributed by atoms with Crippen molar-refractivity contribution < 1.29 is 4.79 Å². The third-order valence-corrected chi connectivity index (χ3v) is 4.67. The lowest BCUT2D eigenvalue weighted by atomic mass is 9.68. The fourth-order valence-electron chi connectivity index (χ4n) is 3.27. The molecule has 3 nitrogen and oxygen atoms in total. The smallest absolute Gasteiger partial charge is 0.223 e. The molecular formula is C14H26N2O. The molecule has 3 heteroatoms. The zero-order valence-electron chi connectivity index (χ0n) is 11.4. The molecule has 1 saturated carbocycles. The van der Waals surface area contributed by atoms with Crippen LogP contribution < -0.4 is 10.6 Å². The molecule has 0 aromatic heterocycles. The lowest BCUT2D eigenvalue weighted by Gasteiger charge is -2.38. The van der Waals surface area contributed by atoms with Crippen LogP contribution in [0.5, 0.6) is 0 Å². The van der Waals surface area contributed by atoms with Crippen LogP contribution in [-0.4, -0.2) is 25.0 Å². The van der Waals surface area contributed by atoms with Gasteiger partial charge in [0, 0.05) is 18.5 Å². The molecule has 2 N–H and O–H groups in total. The molecule has 1 amide bonds. The summed E-state index contributed by atoms with van der Waals surface area (Å²) in [5.41, 5.74) is 0.178. The average molecular weight is 238 g/mol. The molecule has 2 fully saturated rings. The van der Waals surface area contributed by atoms with Gasteiger partial charge in [0.05, 0.1) is 0 Å². The maximum atomic E-state index is 12.4. The van der Waals surface area contributed by atoms with E-state index in [4.69, 9.17) is 0 Å². The van der Waals surface area contributed by atoms with E-state index in [9.17, 15) is 4.79 Å². The molecule has 2 aliphatic rings. The van der Waals surface area contributed by atoms with E-state index in [1.54, 1.807) is 0 Å². The van der Waals surface area contributed by atoms with Crippen LogP contribution >= 0.6 is 0 Å². The first-order chi connectivity index (χ1) is 8.00. The van der Waals surface area contributed by atoms with Crippen LogP contribution in [0.4, 0.5) is 0 Å². The Kier molecular flexibility index (Phi) is 3.76. The molecule has 17 heavy (non-hydrogen) atoms. The van der Waals surface area contributed by atoms with Crippen LogP contribution in [0.1, 0.15) is 46.5 Å². The minimum atomic E-state index is 0.178. The van der Waals surface area contributed by atoms with Crippen LogP contribution in [0.3, 0.4) is 0 Å². The predicted octanol–water partition coefficient (Wildman–Crippen LogP) is 1.93. The molecule has 98 valence electrons. The van der Waals surface area contributed by atoms with E-state index in [0.29, 0.717) is 12.0 Å². The average Bonchev–Trinajstić information content (AvgIpc) is 2.63. The zero-order valence-corrected chi connectivity index (χ0v) is 11.4. The third kappa shape index (κ3) is 2.82. The van der Waals surface area contributed by atoms with E-state index >= 15 is 0 Å². The molecule has 3 atom stereocenters. The summed E-state index contributed by atoms with van der Waals surface area (Å²) >= 11 is 0. The van der Waals surface area contributed by atoms with Crippen molar-refractivity contribution in [1.82, 2.24) is 10.6 Å². The van der Waals surface area contributed by atoms with E-state index in [1.165, 1.54) is 19.3 Å². The molecular weight excluding hydrogens is 212 g/mol. The highest BCUT2D eigenvalue weighted by Gasteiger charge is 2.38. The number of hydrogen-bond donors (Lipinski definition) is 2. The molecule has 1 heterocycles. The van der Waals surface area contributed by atoms with Crippen molar-refractivity contribution in [2.24, 2.45) is 17.3 Å². The van der Waals surface area contributed by atoms with Gasteiger partial charge in [0.1, 0.15) is 0 Å². The summed E-state index contributed by atoms with van der Waals surface area (Å²) < 4.78 is 0. The van der Waals surface area contributed by atoms with Crippen LogP contribution in [0.15, 0.2) is 0 Å². The summed E-state index contributed by atoms with van der Waals surface area (Å²) in [7, 11) is 0. The summed E-state index contributed by atoms with van der Waals surface area (Å²) in [6.07, 6.45) is 4.73. The fraction of sp³-hybridized carbons (Fsp3) is 0.929. The molecule has 0 radical (unpaired) electrons. The normalized spacial score (nSPS) is 36.8. The van der Waals surface area contributed by atoms with E-state index < -0.39 is 0 Å². The number of hydrogen-bond acceptors (Lipinski definition) is 2. The Bertz CT molecular complexity index is 288. The molecule has 0 aromatic carbocycles. The molecule has 3 unspecified atom stereocenters. The summed E-state index contributed by atoms with van der Waals surface area (Å²) in [6, 6.07) is 0.334. The number of rotatable bonds is 2. The van der Waals surface area contributed by atoms with Crippen molar-refractivity contribution in [3.05, 3.63) is 0 Å². The summed E-state index contributed by atoms with van der Waals surface area (Å²) in [4.78, 5) is 12.4. The van der Waals surface area contributed by atoms with Crippen LogP contribution in [0.2, 0.25) is 0 Å². The Balaban J connectivity index is 1.94. The van der Waals surface area contributed by atoms with Crippen molar-refractivity contribution in [1.29, 1.82) is 0 Å². The third-order valence-electron chi connectivity index (χ3n) is 4.67. The van der Waals surface area contributed by atoms with Gasteiger partial charge in [-0.1, -0.05) is 33.6 Å². The van der Waals surface area contributed by atoms with E-state index in [-0.39, 0.29) is 17.2 Å². The van der Waals surface area contributed by atoms with Gasteiger partial charge in [0.2, 0.25) is 5.91 Å². The van der Waals surface area contributed by atoms with Crippen molar-refractivity contribution in [2.75, 3.05) is 13.1 Å². The second-order valence-electron chi connectivity index (χ2n) is 6.54. The number of carbonyl (C=O) groups is 1. The first-order valence-corrected chi connectivity index (χ1v) is 7.02. The minimum Gasteiger partial charge on any atom is -0.352 e. The lowest BCUT2D eigenvalue weighted by molar-refractivity contribution is -0.131. The minimum absolute atomic E-state index is 0.178. The largest absolute Gasteiger partial charge is 0.352 e. The van der Waals surface area contributed by atoms with Gasteiger partial charge in [0.25, 0.3) is 0 Å². The van der Waals surface area contributed by atoms with Gasteiger partial charge in [-0.25, -0.2) is 0 Å².